The molecule has 0 fully saturated rings. The Hall–Kier alpha value is -2.03. The summed E-state index contributed by atoms with van der Waals surface area (Å²) in [6.07, 6.45) is 1.83. The molecule has 2 aromatic rings. The maximum atomic E-state index is 11.8. The number of unbranched alkanes of at least 4 members (excludes halogenated alkanes) is 1. The summed E-state index contributed by atoms with van der Waals surface area (Å²) in [5, 5.41) is 11.4. The fourth-order valence-electron chi connectivity index (χ4n) is 1.80. The monoisotopic (exact) mass is 244 g/mol. The van der Waals surface area contributed by atoms with E-state index < -0.39 is 0 Å². The fourth-order valence-corrected chi connectivity index (χ4v) is 1.80. The minimum absolute atomic E-state index is 0.107. The Labute approximate surface area is 106 Å². The summed E-state index contributed by atoms with van der Waals surface area (Å²) in [4.78, 5) is 11.8. The van der Waals surface area contributed by atoms with Crippen molar-refractivity contribution in [2.75, 3.05) is 6.61 Å². The summed E-state index contributed by atoms with van der Waals surface area (Å²) in [5.74, 6) is -0.278. The van der Waals surface area contributed by atoms with Crippen LogP contribution in [0.3, 0.4) is 0 Å². The lowest BCUT2D eigenvalue weighted by atomic mass is 10.1. The van der Waals surface area contributed by atoms with Gasteiger partial charge in [0.05, 0.1) is 12.2 Å². The first-order valence-electron chi connectivity index (χ1n) is 6.11. The molecule has 0 bridgehead atoms. The first kappa shape index (κ1) is 12.4. The number of ether oxygens (including phenoxy) is 1. The first-order valence-corrected chi connectivity index (χ1v) is 6.11. The molecule has 0 spiro atoms. The highest BCUT2D eigenvalue weighted by atomic mass is 16.5. The molecule has 94 valence electrons. The van der Waals surface area contributed by atoms with Crippen LogP contribution in [0.5, 0.6) is 5.75 Å². The second-order valence-electron chi connectivity index (χ2n) is 4.21. The number of phenols is 1. The number of rotatable bonds is 4. The van der Waals surface area contributed by atoms with E-state index in [0.29, 0.717) is 12.2 Å². The summed E-state index contributed by atoms with van der Waals surface area (Å²) >= 11 is 0. The number of benzene rings is 2. The van der Waals surface area contributed by atoms with E-state index in [4.69, 9.17) is 4.74 Å². The second kappa shape index (κ2) is 5.54. The minimum atomic E-state index is -0.385. The van der Waals surface area contributed by atoms with E-state index in [-0.39, 0.29) is 11.7 Å². The van der Waals surface area contributed by atoms with Crippen LogP contribution in [0.1, 0.15) is 30.1 Å². The third-order valence-electron chi connectivity index (χ3n) is 2.81. The molecule has 0 aliphatic heterocycles. The number of hydrogen-bond acceptors (Lipinski definition) is 3. The van der Waals surface area contributed by atoms with E-state index in [9.17, 15) is 9.90 Å². The number of fused-ring (bicyclic) bond motifs is 1. The minimum Gasteiger partial charge on any atom is -0.507 e. The van der Waals surface area contributed by atoms with Crippen LogP contribution >= 0.6 is 0 Å². The molecule has 0 heterocycles. The average molecular weight is 244 g/mol. The molecule has 0 aromatic heterocycles. The van der Waals surface area contributed by atoms with Crippen LogP contribution in [0.4, 0.5) is 0 Å². The molecule has 0 amide bonds. The Balaban J connectivity index is 2.26. The van der Waals surface area contributed by atoms with Crippen LogP contribution in [0.15, 0.2) is 36.4 Å². The summed E-state index contributed by atoms with van der Waals surface area (Å²) in [7, 11) is 0. The number of hydrogen-bond donors (Lipinski definition) is 1. The van der Waals surface area contributed by atoms with Crippen LogP contribution in [0, 0.1) is 0 Å². The Morgan fingerprint density at radius 1 is 1.28 bits per heavy atom. The van der Waals surface area contributed by atoms with Crippen molar-refractivity contribution >= 4 is 16.7 Å². The number of aromatic hydroxyl groups is 1. The van der Waals surface area contributed by atoms with Crippen molar-refractivity contribution < 1.29 is 14.6 Å². The molecule has 1 N–H and O–H groups in total. The highest BCUT2D eigenvalue weighted by Gasteiger charge is 2.10. The van der Waals surface area contributed by atoms with Gasteiger partial charge in [-0.05, 0) is 23.9 Å². The van der Waals surface area contributed by atoms with Gasteiger partial charge < -0.3 is 9.84 Å². The Kier molecular flexibility index (Phi) is 3.82. The molecule has 0 aliphatic carbocycles. The Morgan fingerprint density at radius 3 is 2.83 bits per heavy atom. The molecule has 0 saturated heterocycles. The van der Waals surface area contributed by atoms with Gasteiger partial charge in [0.15, 0.2) is 0 Å². The van der Waals surface area contributed by atoms with Gasteiger partial charge >= 0.3 is 5.97 Å². The average Bonchev–Trinajstić information content (AvgIpc) is 2.39. The molecule has 18 heavy (non-hydrogen) atoms. The van der Waals surface area contributed by atoms with E-state index in [2.05, 4.69) is 0 Å². The lowest BCUT2D eigenvalue weighted by molar-refractivity contribution is 0.0499. The van der Waals surface area contributed by atoms with E-state index in [1.165, 1.54) is 6.07 Å². The van der Waals surface area contributed by atoms with E-state index in [1.807, 2.05) is 31.2 Å². The molecule has 3 nitrogen and oxygen atoms in total. The SMILES string of the molecule is CCCCOC(=O)c1cc(O)c2ccccc2c1. The quantitative estimate of drug-likeness (QED) is 0.661. The van der Waals surface area contributed by atoms with E-state index >= 15 is 0 Å². The van der Waals surface area contributed by atoms with Crippen molar-refractivity contribution in [1.82, 2.24) is 0 Å². The molecule has 0 radical (unpaired) electrons. The van der Waals surface area contributed by atoms with Gasteiger partial charge in [-0.15, -0.1) is 0 Å². The van der Waals surface area contributed by atoms with Crippen molar-refractivity contribution in [2.45, 2.75) is 19.8 Å². The highest BCUT2D eigenvalue weighted by Crippen LogP contribution is 2.26. The third kappa shape index (κ3) is 2.62. The van der Waals surface area contributed by atoms with Crippen molar-refractivity contribution in [3.63, 3.8) is 0 Å². The lowest BCUT2D eigenvalue weighted by Crippen LogP contribution is -2.06. The van der Waals surface area contributed by atoms with Gasteiger partial charge in [-0.2, -0.15) is 0 Å². The smallest absolute Gasteiger partial charge is 0.338 e. The molecular formula is C15H16O3. The van der Waals surface area contributed by atoms with Crippen LogP contribution < -0.4 is 0 Å². The van der Waals surface area contributed by atoms with E-state index in [0.717, 1.165) is 23.6 Å². The number of phenolic OH excluding ortho intramolecular Hbond substituents is 1. The molecule has 3 heteroatoms. The van der Waals surface area contributed by atoms with Gasteiger partial charge in [-0.3, -0.25) is 0 Å². The summed E-state index contributed by atoms with van der Waals surface area (Å²) in [6, 6.07) is 10.6. The summed E-state index contributed by atoms with van der Waals surface area (Å²) < 4.78 is 5.12. The molecule has 2 rings (SSSR count). The van der Waals surface area contributed by atoms with Crippen molar-refractivity contribution in [3.8, 4) is 5.75 Å². The maximum Gasteiger partial charge on any atom is 0.338 e. The van der Waals surface area contributed by atoms with Crippen LogP contribution in [0.2, 0.25) is 0 Å². The van der Waals surface area contributed by atoms with Gasteiger partial charge in [0, 0.05) is 5.39 Å². The summed E-state index contributed by atoms with van der Waals surface area (Å²) in [5.41, 5.74) is 0.391. The zero-order valence-electron chi connectivity index (χ0n) is 10.3. The van der Waals surface area contributed by atoms with Gasteiger partial charge in [-0.1, -0.05) is 37.6 Å². The van der Waals surface area contributed by atoms with Gasteiger partial charge in [-0.25, -0.2) is 4.79 Å². The fraction of sp³-hybridized carbons (Fsp3) is 0.267. The number of carbonyl (C=O) groups excluding carboxylic acids is 1. The molecule has 0 unspecified atom stereocenters. The largest absolute Gasteiger partial charge is 0.507 e. The third-order valence-corrected chi connectivity index (χ3v) is 2.81. The first-order chi connectivity index (χ1) is 8.72. The van der Waals surface area contributed by atoms with E-state index in [1.54, 1.807) is 6.07 Å². The Bertz CT molecular complexity index is 561. The standard InChI is InChI=1S/C15H16O3/c1-2-3-8-18-15(17)12-9-11-6-4-5-7-13(11)14(16)10-12/h4-7,9-10,16H,2-3,8H2,1H3. The van der Waals surface area contributed by atoms with Gasteiger partial charge in [0.2, 0.25) is 0 Å². The molecule has 2 aromatic carbocycles. The topological polar surface area (TPSA) is 46.5 Å². The van der Waals surface area contributed by atoms with Crippen LogP contribution in [-0.4, -0.2) is 17.7 Å². The van der Waals surface area contributed by atoms with Crippen molar-refractivity contribution in [1.29, 1.82) is 0 Å². The maximum absolute atomic E-state index is 11.8. The molecular weight excluding hydrogens is 228 g/mol. The second-order valence-corrected chi connectivity index (χ2v) is 4.21. The number of carbonyl (C=O) groups is 1. The lowest BCUT2D eigenvalue weighted by Gasteiger charge is -2.06. The normalized spacial score (nSPS) is 10.5. The van der Waals surface area contributed by atoms with Gasteiger partial charge in [0.1, 0.15) is 5.75 Å². The van der Waals surface area contributed by atoms with Crippen molar-refractivity contribution in [3.05, 3.63) is 42.0 Å². The molecule has 0 aliphatic rings. The molecule has 0 atom stereocenters. The number of esters is 1. The zero-order chi connectivity index (χ0) is 13.0. The van der Waals surface area contributed by atoms with Gasteiger partial charge in [0.25, 0.3) is 0 Å². The predicted octanol–water partition coefficient (Wildman–Crippen LogP) is 3.50. The molecule has 0 saturated carbocycles. The Morgan fingerprint density at radius 2 is 2.06 bits per heavy atom. The van der Waals surface area contributed by atoms with Crippen LogP contribution in [0.25, 0.3) is 10.8 Å². The van der Waals surface area contributed by atoms with Crippen molar-refractivity contribution in [2.24, 2.45) is 0 Å². The predicted molar refractivity (Wildman–Crippen MR) is 70.8 cm³/mol. The highest BCUT2D eigenvalue weighted by molar-refractivity contribution is 5.98. The summed E-state index contributed by atoms with van der Waals surface area (Å²) in [6.45, 7) is 2.46. The zero-order valence-corrected chi connectivity index (χ0v) is 10.3. The van der Waals surface area contributed by atoms with Crippen LogP contribution in [-0.2, 0) is 4.74 Å².